The number of anilines is 2. The molecule has 0 saturated carbocycles. The summed E-state index contributed by atoms with van der Waals surface area (Å²) < 4.78 is 80.9. The van der Waals surface area contributed by atoms with Gasteiger partial charge in [0.2, 0.25) is 5.95 Å². The van der Waals surface area contributed by atoms with Gasteiger partial charge in [0.1, 0.15) is 5.02 Å². The fraction of sp³-hybridized carbons (Fsp3) is 0.111. The van der Waals surface area contributed by atoms with Crippen molar-refractivity contribution in [3.63, 3.8) is 0 Å². The highest BCUT2D eigenvalue weighted by molar-refractivity contribution is 6.31. The Balaban J connectivity index is 2.30. The van der Waals surface area contributed by atoms with Crippen LogP contribution in [0.3, 0.4) is 0 Å². The first-order valence-corrected chi connectivity index (χ1v) is 8.76. The molecule has 3 aromatic rings. The quantitative estimate of drug-likeness (QED) is 0.300. The lowest BCUT2D eigenvalue weighted by molar-refractivity contribution is -0.385. The molecular weight excluding hydrogens is 470 g/mol. The summed E-state index contributed by atoms with van der Waals surface area (Å²) in [6, 6.07) is 8.51. The molecule has 0 bridgehead atoms. The average Bonchev–Trinajstić information content (AvgIpc) is 2.69. The fourth-order valence-corrected chi connectivity index (χ4v) is 2.93. The predicted octanol–water partition coefficient (Wildman–Crippen LogP) is 5.58. The van der Waals surface area contributed by atoms with E-state index in [0.717, 1.165) is 0 Å². The van der Waals surface area contributed by atoms with Gasteiger partial charge in [-0.25, -0.2) is 9.55 Å². The molecule has 3 rings (SSSR count). The van der Waals surface area contributed by atoms with Gasteiger partial charge in [-0.2, -0.15) is 26.3 Å². The number of nitrogens with one attached hydrogen (secondary N) is 1. The summed E-state index contributed by atoms with van der Waals surface area (Å²) in [5.41, 5.74) is -6.56. The van der Waals surface area contributed by atoms with E-state index < -0.39 is 56.4 Å². The number of benzene rings is 2. The van der Waals surface area contributed by atoms with Crippen molar-refractivity contribution in [3.8, 4) is 5.69 Å². The third kappa shape index (κ3) is 4.51. The van der Waals surface area contributed by atoms with Crippen molar-refractivity contribution in [2.75, 3.05) is 5.32 Å². The van der Waals surface area contributed by atoms with E-state index in [2.05, 4.69) is 4.98 Å². The fourth-order valence-electron chi connectivity index (χ4n) is 2.70. The molecule has 0 saturated heterocycles. The van der Waals surface area contributed by atoms with Gasteiger partial charge in [-0.05, 0) is 18.2 Å². The lowest BCUT2D eigenvalue weighted by Crippen LogP contribution is -2.27. The highest BCUT2D eigenvalue weighted by atomic mass is 35.5. The zero-order valence-corrected chi connectivity index (χ0v) is 16.1. The van der Waals surface area contributed by atoms with Crippen molar-refractivity contribution in [2.24, 2.45) is 0 Å². The molecule has 1 N–H and O–H groups in total. The maximum absolute atomic E-state index is 13.5. The van der Waals surface area contributed by atoms with E-state index in [1.807, 2.05) is 5.32 Å². The van der Waals surface area contributed by atoms with Crippen molar-refractivity contribution in [1.82, 2.24) is 9.55 Å². The zero-order chi connectivity index (χ0) is 23.8. The number of hydrogen-bond acceptors (Lipinski definition) is 5. The Bertz CT molecular complexity index is 1240. The summed E-state index contributed by atoms with van der Waals surface area (Å²) >= 11 is 5.57. The number of nitrogens with zero attached hydrogens (tertiary/aromatic N) is 3. The monoisotopic (exact) mass is 478 g/mol. The zero-order valence-electron chi connectivity index (χ0n) is 15.3. The maximum Gasteiger partial charge on any atom is 0.435 e. The Morgan fingerprint density at radius 2 is 1.62 bits per heavy atom. The van der Waals surface area contributed by atoms with Crippen molar-refractivity contribution in [2.45, 2.75) is 12.4 Å². The van der Waals surface area contributed by atoms with Crippen LogP contribution in [0.2, 0.25) is 5.02 Å². The third-order valence-electron chi connectivity index (χ3n) is 4.08. The van der Waals surface area contributed by atoms with Crippen LogP contribution in [0.1, 0.15) is 11.3 Å². The van der Waals surface area contributed by atoms with Crippen LogP contribution in [0.4, 0.5) is 43.7 Å². The number of nitro groups is 1. The first-order valence-electron chi connectivity index (χ1n) is 8.38. The SMILES string of the molecule is O=c1c(Cl)c(C(F)(F)F)nc(Nc2ccc([N+](=O)[O-])cc2C(F)(F)F)n1-c1ccccc1. The molecule has 1 heterocycles. The average molecular weight is 479 g/mol. The van der Waals surface area contributed by atoms with E-state index in [9.17, 15) is 41.3 Å². The molecule has 0 aliphatic rings. The van der Waals surface area contributed by atoms with Gasteiger partial charge in [-0.3, -0.25) is 14.9 Å². The van der Waals surface area contributed by atoms with E-state index in [1.165, 1.54) is 30.3 Å². The molecule has 0 atom stereocenters. The number of hydrogen-bond donors (Lipinski definition) is 1. The van der Waals surface area contributed by atoms with Crippen LogP contribution >= 0.6 is 11.6 Å². The van der Waals surface area contributed by atoms with E-state index in [1.54, 1.807) is 0 Å². The van der Waals surface area contributed by atoms with Gasteiger partial charge in [0, 0.05) is 12.1 Å². The Kier molecular flexibility index (Phi) is 5.87. The van der Waals surface area contributed by atoms with Gasteiger partial charge in [0.25, 0.3) is 11.2 Å². The van der Waals surface area contributed by atoms with Crippen molar-refractivity contribution in [3.05, 3.63) is 85.3 Å². The van der Waals surface area contributed by atoms with Gasteiger partial charge >= 0.3 is 12.4 Å². The highest BCUT2D eigenvalue weighted by Crippen LogP contribution is 2.39. The minimum Gasteiger partial charge on any atom is -0.325 e. The molecule has 168 valence electrons. The molecule has 0 spiro atoms. The molecule has 0 unspecified atom stereocenters. The number of alkyl halides is 6. The highest BCUT2D eigenvalue weighted by Gasteiger charge is 2.39. The van der Waals surface area contributed by atoms with Crippen LogP contribution in [0, 0.1) is 10.1 Å². The van der Waals surface area contributed by atoms with Gasteiger partial charge in [0.15, 0.2) is 5.69 Å². The normalized spacial score (nSPS) is 12.0. The number of para-hydroxylation sites is 1. The summed E-state index contributed by atoms with van der Waals surface area (Å²) in [7, 11) is 0. The number of halogens is 7. The van der Waals surface area contributed by atoms with Crippen molar-refractivity contribution in [1.29, 1.82) is 0 Å². The molecule has 0 aliphatic heterocycles. The van der Waals surface area contributed by atoms with E-state index in [0.29, 0.717) is 16.7 Å². The lowest BCUT2D eigenvalue weighted by atomic mass is 10.1. The van der Waals surface area contributed by atoms with Crippen molar-refractivity contribution >= 4 is 28.9 Å². The predicted molar refractivity (Wildman–Crippen MR) is 101 cm³/mol. The van der Waals surface area contributed by atoms with Crippen molar-refractivity contribution < 1.29 is 31.3 Å². The van der Waals surface area contributed by atoms with Crippen LogP contribution in [0.15, 0.2) is 53.3 Å². The molecule has 2 aromatic carbocycles. The summed E-state index contributed by atoms with van der Waals surface area (Å²) in [5.74, 6) is -0.933. The largest absolute Gasteiger partial charge is 0.435 e. The Labute approximate surface area is 179 Å². The van der Waals surface area contributed by atoms with E-state index in [4.69, 9.17) is 11.6 Å². The molecule has 0 fully saturated rings. The second kappa shape index (κ2) is 8.15. The topological polar surface area (TPSA) is 90.1 Å². The molecule has 32 heavy (non-hydrogen) atoms. The van der Waals surface area contributed by atoms with Gasteiger partial charge in [-0.1, -0.05) is 29.8 Å². The number of rotatable bonds is 4. The third-order valence-corrected chi connectivity index (χ3v) is 4.42. The standard InChI is InChI=1S/C18H9ClF6N4O3/c19-13-14(18(23,24)25)27-16(28(15(13)30)9-4-2-1-3-5-9)26-12-7-6-10(29(31)32)8-11(12)17(20,21)22/h1-8H,(H,26,27). The Morgan fingerprint density at radius 3 is 2.16 bits per heavy atom. The van der Waals surface area contributed by atoms with Crippen LogP contribution < -0.4 is 10.9 Å². The molecule has 14 heteroatoms. The Hall–Kier alpha value is -3.61. The number of non-ortho nitro benzene ring substituents is 1. The van der Waals surface area contributed by atoms with Gasteiger partial charge < -0.3 is 5.32 Å². The molecule has 1 aromatic heterocycles. The molecule has 7 nitrogen and oxygen atoms in total. The Morgan fingerprint density at radius 1 is 1.00 bits per heavy atom. The smallest absolute Gasteiger partial charge is 0.325 e. The molecular formula is C18H9ClF6N4O3. The minimum absolute atomic E-state index is 0.0430. The minimum atomic E-state index is -5.19. The second-order valence-electron chi connectivity index (χ2n) is 6.18. The lowest BCUT2D eigenvalue weighted by Gasteiger charge is -2.19. The van der Waals surface area contributed by atoms with E-state index >= 15 is 0 Å². The second-order valence-corrected chi connectivity index (χ2v) is 6.56. The molecule has 0 amide bonds. The molecule has 0 aliphatic carbocycles. The first kappa shape index (κ1) is 23.1. The van der Waals surface area contributed by atoms with Crippen LogP contribution in [-0.4, -0.2) is 14.5 Å². The van der Waals surface area contributed by atoms with Gasteiger partial charge in [-0.15, -0.1) is 0 Å². The van der Waals surface area contributed by atoms with Crippen LogP contribution in [-0.2, 0) is 12.4 Å². The van der Waals surface area contributed by atoms with Crippen LogP contribution in [0.25, 0.3) is 5.69 Å². The number of nitro benzene ring substituents is 1. The van der Waals surface area contributed by atoms with E-state index in [-0.39, 0.29) is 11.8 Å². The van der Waals surface area contributed by atoms with Crippen LogP contribution in [0.5, 0.6) is 0 Å². The summed E-state index contributed by atoms with van der Waals surface area (Å²) in [5, 5.41) is 11.6. The maximum atomic E-state index is 13.5. The van der Waals surface area contributed by atoms with Gasteiger partial charge in [0.05, 0.1) is 21.9 Å². The summed E-state index contributed by atoms with van der Waals surface area (Å²) in [6.45, 7) is 0. The summed E-state index contributed by atoms with van der Waals surface area (Å²) in [6.07, 6.45) is -10.3. The molecule has 0 radical (unpaired) electrons. The first-order chi connectivity index (χ1) is 14.8. The number of aromatic nitrogens is 2. The summed E-state index contributed by atoms with van der Waals surface area (Å²) in [4.78, 5) is 25.6.